The SMILES string of the molecule is CNC(CO)(CSc1nnc(C)s1)c1ccccc1. The van der Waals surface area contributed by atoms with Crippen LogP contribution in [0.3, 0.4) is 0 Å². The van der Waals surface area contributed by atoms with E-state index in [1.165, 1.54) is 0 Å². The van der Waals surface area contributed by atoms with Crippen molar-refractivity contribution in [3.63, 3.8) is 0 Å². The topological polar surface area (TPSA) is 58.0 Å². The van der Waals surface area contributed by atoms with Gasteiger partial charge in [0, 0.05) is 5.75 Å². The number of hydrogen-bond donors (Lipinski definition) is 2. The summed E-state index contributed by atoms with van der Waals surface area (Å²) in [5.74, 6) is 0.707. The van der Waals surface area contributed by atoms with Crippen molar-refractivity contribution in [3.8, 4) is 0 Å². The number of thioether (sulfide) groups is 1. The first kappa shape index (κ1) is 14.5. The molecule has 6 heteroatoms. The van der Waals surface area contributed by atoms with E-state index in [4.69, 9.17) is 0 Å². The smallest absolute Gasteiger partial charge is 0.174 e. The Balaban J connectivity index is 2.16. The molecule has 1 unspecified atom stereocenters. The molecule has 0 spiro atoms. The molecule has 1 heterocycles. The molecule has 0 fully saturated rings. The molecule has 2 N–H and O–H groups in total. The molecule has 2 rings (SSSR count). The van der Waals surface area contributed by atoms with Crippen molar-refractivity contribution in [2.24, 2.45) is 0 Å². The van der Waals surface area contributed by atoms with Gasteiger partial charge in [-0.2, -0.15) is 0 Å². The third kappa shape index (κ3) is 3.33. The normalized spacial score (nSPS) is 14.3. The van der Waals surface area contributed by atoms with Gasteiger partial charge in [0.1, 0.15) is 5.01 Å². The van der Waals surface area contributed by atoms with Crippen LogP contribution in [0.2, 0.25) is 0 Å². The predicted octanol–water partition coefficient (Wildman–Crippen LogP) is 2.05. The van der Waals surface area contributed by atoms with E-state index in [1.54, 1.807) is 23.1 Å². The maximum atomic E-state index is 9.80. The van der Waals surface area contributed by atoms with Gasteiger partial charge in [0.05, 0.1) is 12.1 Å². The van der Waals surface area contributed by atoms with Gasteiger partial charge in [0.25, 0.3) is 0 Å². The number of benzene rings is 1. The summed E-state index contributed by atoms with van der Waals surface area (Å²) in [7, 11) is 1.87. The van der Waals surface area contributed by atoms with Crippen molar-refractivity contribution in [1.29, 1.82) is 0 Å². The lowest BCUT2D eigenvalue weighted by molar-refractivity contribution is 0.187. The minimum atomic E-state index is -0.453. The quantitative estimate of drug-likeness (QED) is 0.799. The number of nitrogens with zero attached hydrogens (tertiary/aromatic N) is 2. The number of nitrogens with one attached hydrogen (secondary N) is 1. The molecule has 4 nitrogen and oxygen atoms in total. The Morgan fingerprint density at radius 3 is 2.58 bits per heavy atom. The predicted molar refractivity (Wildman–Crippen MR) is 79.6 cm³/mol. The van der Waals surface area contributed by atoms with Gasteiger partial charge in [-0.1, -0.05) is 53.4 Å². The van der Waals surface area contributed by atoms with E-state index in [0.29, 0.717) is 5.75 Å². The molecule has 1 aromatic heterocycles. The lowest BCUT2D eigenvalue weighted by atomic mass is 9.93. The van der Waals surface area contributed by atoms with E-state index >= 15 is 0 Å². The minimum Gasteiger partial charge on any atom is -0.394 e. The zero-order valence-corrected chi connectivity index (χ0v) is 12.6. The first-order chi connectivity index (χ1) is 9.20. The van der Waals surface area contributed by atoms with Gasteiger partial charge >= 0.3 is 0 Å². The molecule has 1 aromatic carbocycles. The molecule has 2 aromatic rings. The van der Waals surface area contributed by atoms with Crippen molar-refractivity contribution in [1.82, 2.24) is 15.5 Å². The van der Waals surface area contributed by atoms with Gasteiger partial charge in [-0.05, 0) is 19.5 Å². The van der Waals surface area contributed by atoms with E-state index in [1.807, 2.05) is 44.3 Å². The van der Waals surface area contributed by atoms with Gasteiger partial charge in [0.2, 0.25) is 0 Å². The van der Waals surface area contributed by atoms with Crippen molar-refractivity contribution < 1.29 is 5.11 Å². The summed E-state index contributed by atoms with van der Waals surface area (Å²) in [4.78, 5) is 0. The number of aryl methyl sites for hydroxylation is 1. The van der Waals surface area contributed by atoms with Crippen LogP contribution >= 0.6 is 23.1 Å². The summed E-state index contributed by atoms with van der Waals surface area (Å²) < 4.78 is 0.932. The molecule has 1 atom stereocenters. The summed E-state index contributed by atoms with van der Waals surface area (Å²) in [6.45, 7) is 1.98. The lowest BCUT2D eigenvalue weighted by Gasteiger charge is -2.31. The summed E-state index contributed by atoms with van der Waals surface area (Å²) in [6.07, 6.45) is 0. The standard InChI is InChI=1S/C13H17N3OS2/c1-10-15-16-12(19-10)18-9-13(8-17,14-2)11-6-4-3-5-7-11/h3-7,14,17H,8-9H2,1-2H3. The second-order valence-corrected chi connectivity index (χ2v) is 6.64. The highest BCUT2D eigenvalue weighted by molar-refractivity contribution is 8.01. The number of aliphatic hydroxyl groups excluding tert-OH is 1. The van der Waals surface area contributed by atoms with E-state index in [2.05, 4.69) is 15.5 Å². The van der Waals surface area contributed by atoms with E-state index < -0.39 is 5.54 Å². The molecule has 102 valence electrons. The third-order valence-corrected chi connectivity index (χ3v) is 5.23. The number of likely N-dealkylation sites (N-methyl/N-ethyl adjacent to an activating group) is 1. The lowest BCUT2D eigenvalue weighted by Crippen LogP contribution is -2.45. The highest BCUT2D eigenvalue weighted by atomic mass is 32.2. The minimum absolute atomic E-state index is 0.0400. The molecule has 0 saturated heterocycles. The highest BCUT2D eigenvalue weighted by Crippen LogP contribution is 2.30. The molecular weight excluding hydrogens is 278 g/mol. The van der Waals surface area contributed by atoms with E-state index in [9.17, 15) is 5.11 Å². The highest BCUT2D eigenvalue weighted by Gasteiger charge is 2.30. The largest absolute Gasteiger partial charge is 0.394 e. The number of hydrogen-bond acceptors (Lipinski definition) is 6. The molecule has 0 aliphatic heterocycles. The molecule has 0 bridgehead atoms. The number of aromatic nitrogens is 2. The number of rotatable bonds is 6. The van der Waals surface area contributed by atoms with Crippen molar-refractivity contribution in [2.45, 2.75) is 16.8 Å². The van der Waals surface area contributed by atoms with Gasteiger partial charge in [-0.25, -0.2) is 0 Å². The van der Waals surface area contributed by atoms with Crippen molar-refractivity contribution >= 4 is 23.1 Å². The first-order valence-corrected chi connectivity index (χ1v) is 7.78. The van der Waals surface area contributed by atoms with Crippen LogP contribution in [0.4, 0.5) is 0 Å². The zero-order chi connectivity index (χ0) is 13.7. The molecular formula is C13H17N3OS2. The van der Waals surface area contributed by atoms with E-state index in [0.717, 1.165) is 14.9 Å². The van der Waals surface area contributed by atoms with Gasteiger partial charge in [-0.15, -0.1) is 10.2 Å². The molecule has 19 heavy (non-hydrogen) atoms. The van der Waals surface area contributed by atoms with Gasteiger partial charge in [0.15, 0.2) is 4.34 Å². The monoisotopic (exact) mass is 295 g/mol. The van der Waals surface area contributed by atoms with Crippen LogP contribution in [0.15, 0.2) is 34.7 Å². The van der Waals surface area contributed by atoms with Crippen LogP contribution in [-0.4, -0.2) is 34.7 Å². The molecule has 0 radical (unpaired) electrons. The average molecular weight is 295 g/mol. The Hall–Kier alpha value is -0.950. The second kappa shape index (κ2) is 6.47. The van der Waals surface area contributed by atoms with Crippen molar-refractivity contribution in [3.05, 3.63) is 40.9 Å². The van der Waals surface area contributed by atoms with Crippen LogP contribution in [0.5, 0.6) is 0 Å². The Morgan fingerprint density at radius 1 is 1.32 bits per heavy atom. The van der Waals surface area contributed by atoms with Crippen LogP contribution < -0.4 is 5.32 Å². The number of aliphatic hydroxyl groups is 1. The summed E-state index contributed by atoms with van der Waals surface area (Å²) in [5, 5.41) is 22.1. The Labute approximate surface area is 121 Å². The molecule has 0 aliphatic rings. The maximum Gasteiger partial charge on any atom is 0.174 e. The fraction of sp³-hybridized carbons (Fsp3) is 0.385. The van der Waals surface area contributed by atoms with Crippen LogP contribution in [0.25, 0.3) is 0 Å². The van der Waals surface area contributed by atoms with E-state index in [-0.39, 0.29) is 6.61 Å². The maximum absolute atomic E-state index is 9.80. The van der Waals surface area contributed by atoms with Crippen LogP contribution in [0, 0.1) is 6.92 Å². The summed E-state index contributed by atoms with van der Waals surface area (Å²) in [6, 6.07) is 9.99. The Morgan fingerprint density at radius 2 is 2.05 bits per heavy atom. The van der Waals surface area contributed by atoms with Crippen LogP contribution in [0.1, 0.15) is 10.6 Å². The first-order valence-electron chi connectivity index (χ1n) is 5.98. The molecule has 0 aliphatic carbocycles. The van der Waals surface area contributed by atoms with Gasteiger partial charge in [-0.3, -0.25) is 0 Å². The zero-order valence-electron chi connectivity index (χ0n) is 11.0. The fourth-order valence-electron chi connectivity index (χ4n) is 1.79. The fourth-order valence-corrected chi connectivity index (χ4v) is 3.86. The molecule has 0 saturated carbocycles. The second-order valence-electron chi connectivity index (χ2n) is 4.23. The average Bonchev–Trinajstić information content (AvgIpc) is 2.88. The van der Waals surface area contributed by atoms with Crippen molar-refractivity contribution in [2.75, 3.05) is 19.4 Å². The Kier molecular flexibility index (Phi) is 4.93. The van der Waals surface area contributed by atoms with Gasteiger partial charge < -0.3 is 10.4 Å². The third-order valence-electron chi connectivity index (χ3n) is 3.02. The summed E-state index contributed by atoms with van der Waals surface area (Å²) >= 11 is 3.19. The summed E-state index contributed by atoms with van der Waals surface area (Å²) in [5.41, 5.74) is 0.625. The Bertz CT molecular complexity index is 512. The van der Waals surface area contributed by atoms with Crippen LogP contribution in [-0.2, 0) is 5.54 Å². The molecule has 0 amide bonds.